The van der Waals surface area contributed by atoms with Gasteiger partial charge in [0.15, 0.2) is 0 Å². The van der Waals surface area contributed by atoms with Crippen molar-refractivity contribution in [2.24, 2.45) is 0 Å². The maximum absolute atomic E-state index is 12.9. The zero-order chi connectivity index (χ0) is 43.6. The Labute approximate surface area is 366 Å². The van der Waals surface area contributed by atoms with Gasteiger partial charge in [0.2, 0.25) is 5.91 Å². The maximum Gasteiger partial charge on any atom is 0.268 e. The highest BCUT2D eigenvalue weighted by Gasteiger charge is 2.23. The number of phosphoric acid groups is 1. The summed E-state index contributed by atoms with van der Waals surface area (Å²) >= 11 is 0. The predicted octanol–water partition coefficient (Wildman–Crippen LogP) is 13.8. The molecule has 0 aliphatic heterocycles. The lowest BCUT2D eigenvalue weighted by Gasteiger charge is -2.29. The van der Waals surface area contributed by atoms with Crippen LogP contribution in [-0.2, 0) is 18.4 Å². The number of hydrogen-bond acceptors (Lipinski definition) is 6. The van der Waals surface area contributed by atoms with Gasteiger partial charge < -0.3 is 28.8 Å². The first-order valence-electron chi connectivity index (χ1n) is 25.2. The molecule has 0 aliphatic rings. The van der Waals surface area contributed by atoms with Crippen LogP contribution < -0.4 is 10.2 Å². The van der Waals surface area contributed by atoms with E-state index in [0.29, 0.717) is 17.4 Å². The van der Waals surface area contributed by atoms with E-state index in [1.165, 1.54) is 167 Å². The van der Waals surface area contributed by atoms with Crippen LogP contribution in [0.2, 0.25) is 0 Å². The molecule has 0 rings (SSSR count). The fourth-order valence-corrected chi connectivity index (χ4v) is 8.11. The van der Waals surface area contributed by atoms with Gasteiger partial charge >= 0.3 is 0 Å². The Balaban J connectivity index is 4.25. The number of hydrogen-bond donors (Lipinski definition) is 2. The van der Waals surface area contributed by atoms with Crippen LogP contribution in [0.1, 0.15) is 239 Å². The average Bonchev–Trinajstić information content (AvgIpc) is 3.19. The molecule has 59 heavy (non-hydrogen) atoms. The van der Waals surface area contributed by atoms with Crippen LogP contribution in [0.4, 0.5) is 0 Å². The molecule has 0 spiro atoms. The quantitative estimate of drug-likeness (QED) is 0.0273. The second-order valence-electron chi connectivity index (χ2n) is 18.5. The van der Waals surface area contributed by atoms with Crippen LogP contribution in [0.15, 0.2) is 24.3 Å². The molecule has 9 heteroatoms. The predicted molar refractivity (Wildman–Crippen MR) is 252 cm³/mol. The number of nitrogens with zero attached hydrogens (tertiary/aromatic N) is 1. The van der Waals surface area contributed by atoms with Crippen molar-refractivity contribution in [2.45, 2.75) is 251 Å². The molecule has 0 aliphatic carbocycles. The van der Waals surface area contributed by atoms with E-state index in [1.54, 1.807) is 6.08 Å². The zero-order valence-electron chi connectivity index (χ0n) is 39.7. The fraction of sp³-hybridized carbons (Fsp3) is 0.900. The van der Waals surface area contributed by atoms with Crippen molar-refractivity contribution in [1.82, 2.24) is 5.32 Å². The van der Waals surface area contributed by atoms with Crippen LogP contribution in [0, 0.1) is 0 Å². The number of unbranched alkanes of at least 4 members (excludes halogenated alkanes) is 31. The molecule has 3 unspecified atom stereocenters. The molecule has 0 bridgehead atoms. The van der Waals surface area contributed by atoms with E-state index in [1.807, 2.05) is 27.2 Å². The Kier molecular flexibility index (Phi) is 41.6. The maximum atomic E-state index is 12.9. The molecule has 2 N–H and O–H groups in total. The monoisotopic (exact) mass is 855 g/mol. The molecular weight excluding hydrogens is 756 g/mol. The molecule has 8 nitrogen and oxygen atoms in total. The Morgan fingerprint density at radius 3 is 1.34 bits per heavy atom. The summed E-state index contributed by atoms with van der Waals surface area (Å²) in [5.74, 6) is -0.205. The van der Waals surface area contributed by atoms with Gasteiger partial charge in [-0.3, -0.25) is 9.36 Å². The summed E-state index contributed by atoms with van der Waals surface area (Å²) < 4.78 is 23.2. The van der Waals surface area contributed by atoms with E-state index in [9.17, 15) is 19.4 Å². The summed E-state index contributed by atoms with van der Waals surface area (Å²) in [6.07, 6.45) is 50.9. The number of quaternary nitrogens is 1. The number of rotatable bonds is 46. The number of carbonyl (C=O) groups excluding carboxylic acids is 1. The standard InChI is InChI=1S/C50H99N2O6P/c1-6-8-10-12-14-16-18-20-21-22-23-24-25-26-27-28-29-30-32-33-35-37-39-41-43-49(53)48(47-58-59(55,56)57-46-45-52(3,4)5)51-50(54)44-42-40-38-36-34-31-19-17-15-13-11-9-7-2/h17,19,41,43,48-49,53H,6-16,18,20-40,42,44-47H2,1-5H3,(H-,51,54,55,56)/b19-17-,43-41+. The number of carbonyl (C=O) groups is 1. The van der Waals surface area contributed by atoms with Gasteiger partial charge in [0.1, 0.15) is 13.2 Å². The van der Waals surface area contributed by atoms with Gasteiger partial charge in [-0.25, -0.2) is 0 Å². The summed E-state index contributed by atoms with van der Waals surface area (Å²) in [6, 6.07) is -0.888. The summed E-state index contributed by atoms with van der Waals surface area (Å²) in [5, 5.41) is 13.8. The third kappa shape index (κ3) is 44.8. The van der Waals surface area contributed by atoms with Crippen molar-refractivity contribution >= 4 is 13.7 Å². The molecule has 1 amide bonds. The Morgan fingerprint density at radius 2 is 0.932 bits per heavy atom. The minimum absolute atomic E-state index is 0.00136. The van der Waals surface area contributed by atoms with Crippen LogP contribution >= 0.6 is 7.82 Å². The van der Waals surface area contributed by atoms with Crippen LogP contribution in [0.5, 0.6) is 0 Å². The number of likely N-dealkylation sites (N-methyl/N-ethyl adjacent to an activating group) is 1. The number of allylic oxidation sites excluding steroid dienone is 3. The van der Waals surface area contributed by atoms with Gasteiger partial charge in [-0.2, -0.15) is 0 Å². The fourth-order valence-electron chi connectivity index (χ4n) is 7.38. The molecule has 0 saturated heterocycles. The second kappa shape index (κ2) is 42.3. The lowest BCUT2D eigenvalue weighted by Crippen LogP contribution is -2.45. The van der Waals surface area contributed by atoms with Gasteiger partial charge in [0.05, 0.1) is 39.9 Å². The SMILES string of the molecule is CCCCCC/C=C\CCCCCCCC(=O)NC(COP(=O)([O-])OCC[N+](C)(C)C)C(O)/C=C/CCCCCCCCCCCCCCCCCCCCCCCC. The van der Waals surface area contributed by atoms with Crippen molar-refractivity contribution < 1.29 is 32.9 Å². The minimum Gasteiger partial charge on any atom is -0.756 e. The molecular formula is C50H99N2O6P. The number of aliphatic hydroxyl groups is 1. The third-order valence-corrected chi connectivity index (χ3v) is 12.4. The molecule has 0 aromatic rings. The zero-order valence-corrected chi connectivity index (χ0v) is 40.6. The van der Waals surface area contributed by atoms with Crippen molar-refractivity contribution in [1.29, 1.82) is 0 Å². The second-order valence-corrected chi connectivity index (χ2v) is 19.9. The van der Waals surface area contributed by atoms with Gasteiger partial charge in [0, 0.05) is 6.42 Å². The first kappa shape index (κ1) is 58.0. The first-order chi connectivity index (χ1) is 28.5. The van der Waals surface area contributed by atoms with Gasteiger partial charge in [-0.15, -0.1) is 0 Å². The molecule has 0 fully saturated rings. The van der Waals surface area contributed by atoms with E-state index in [2.05, 4.69) is 31.3 Å². The highest BCUT2D eigenvalue weighted by Crippen LogP contribution is 2.38. The molecule has 0 heterocycles. The van der Waals surface area contributed by atoms with E-state index in [4.69, 9.17) is 9.05 Å². The lowest BCUT2D eigenvalue weighted by molar-refractivity contribution is -0.870. The highest BCUT2D eigenvalue weighted by molar-refractivity contribution is 7.45. The van der Waals surface area contributed by atoms with Gasteiger partial charge in [-0.1, -0.05) is 212 Å². The number of phosphoric ester groups is 1. The van der Waals surface area contributed by atoms with Crippen molar-refractivity contribution in [3.05, 3.63) is 24.3 Å². The number of nitrogens with one attached hydrogen (secondary N) is 1. The Hall–Kier alpha value is -1.02. The highest BCUT2D eigenvalue weighted by atomic mass is 31.2. The van der Waals surface area contributed by atoms with E-state index >= 15 is 0 Å². The molecule has 0 radical (unpaired) electrons. The Morgan fingerprint density at radius 1 is 0.576 bits per heavy atom. The first-order valence-corrected chi connectivity index (χ1v) is 26.7. The largest absolute Gasteiger partial charge is 0.756 e. The van der Waals surface area contributed by atoms with Crippen molar-refractivity contribution in [2.75, 3.05) is 40.9 Å². The molecule has 3 atom stereocenters. The van der Waals surface area contributed by atoms with Gasteiger partial charge in [0.25, 0.3) is 7.82 Å². The minimum atomic E-state index is -4.59. The van der Waals surface area contributed by atoms with E-state index < -0.39 is 20.0 Å². The summed E-state index contributed by atoms with van der Waals surface area (Å²) in [4.78, 5) is 25.3. The average molecular weight is 855 g/mol. The van der Waals surface area contributed by atoms with Gasteiger partial charge in [-0.05, 0) is 44.9 Å². The number of amides is 1. The van der Waals surface area contributed by atoms with Crippen LogP contribution in [-0.4, -0.2) is 68.5 Å². The molecule has 0 aromatic carbocycles. The van der Waals surface area contributed by atoms with Crippen LogP contribution in [0.25, 0.3) is 0 Å². The third-order valence-electron chi connectivity index (χ3n) is 11.4. The smallest absolute Gasteiger partial charge is 0.268 e. The summed E-state index contributed by atoms with van der Waals surface area (Å²) in [7, 11) is 1.26. The molecule has 350 valence electrons. The molecule has 0 aromatic heterocycles. The number of aliphatic hydroxyl groups excluding tert-OH is 1. The van der Waals surface area contributed by atoms with E-state index in [-0.39, 0.29) is 19.1 Å². The van der Waals surface area contributed by atoms with Crippen LogP contribution in [0.3, 0.4) is 0 Å². The normalized spacial score (nSPS) is 14.4. The Bertz CT molecular complexity index is 1020. The summed E-state index contributed by atoms with van der Waals surface area (Å²) in [6.45, 7) is 4.64. The van der Waals surface area contributed by atoms with Crippen molar-refractivity contribution in [3.63, 3.8) is 0 Å². The van der Waals surface area contributed by atoms with Crippen molar-refractivity contribution in [3.8, 4) is 0 Å². The topological polar surface area (TPSA) is 108 Å². The molecule has 0 saturated carbocycles. The summed E-state index contributed by atoms with van der Waals surface area (Å²) in [5.41, 5.74) is 0. The van der Waals surface area contributed by atoms with E-state index in [0.717, 1.165) is 51.4 Å². The lowest BCUT2D eigenvalue weighted by atomic mass is 10.0.